The van der Waals surface area contributed by atoms with E-state index in [1.165, 1.54) is 11.8 Å². The molecule has 186 valence electrons. The summed E-state index contributed by atoms with van der Waals surface area (Å²) in [4.78, 5) is 27.0. The first-order chi connectivity index (χ1) is 18.1. The Labute approximate surface area is 218 Å². The first-order valence-electron chi connectivity index (χ1n) is 11.6. The fourth-order valence-corrected chi connectivity index (χ4v) is 4.92. The van der Waals surface area contributed by atoms with Gasteiger partial charge in [-0.3, -0.25) is 9.59 Å². The number of benzene rings is 4. The maximum absolute atomic E-state index is 13.4. The van der Waals surface area contributed by atoms with Gasteiger partial charge in [0.25, 0.3) is 5.91 Å². The molecule has 8 heteroatoms. The van der Waals surface area contributed by atoms with Crippen LogP contribution in [0.25, 0.3) is 0 Å². The van der Waals surface area contributed by atoms with Gasteiger partial charge >= 0.3 is 0 Å². The molecule has 0 saturated heterocycles. The summed E-state index contributed by atoms with van der Waals surface area (Å²) in [6.07, 6.45) is 0. The van der Waals surface area contributed by atoms with Crippen LogP contribution < -0.4 is 24.8 Å². The van der Waals surface area contributed by atoms with Crippen LogP contribution in [0.5, 0.6) is 17.2 Å². The summed E-state index contributed by atoms with van der Waals surface area (Å²) in [5.41, 5.74) is 2.59. The molecular weight excluding hydrogens is 488 g/mol. The zero-order valence-electron chi connectivity index (χ0n) is 20.0. The molecule has 0 fully saturated rings. The third-order valence-corrected chi connectivity index (χ3v) is 6.91. The van der Waals surface area contributed by atoms with E-state index in [1.807, 2.05) is 54.6 Å². The molecule has 1 aliphatic heterocycles. The highest BCUT2D eigenvalue weighted by atomic mass is 32.2. The fraction of sp³-hybridized carbons (Fsp3) is 0.103. The Bertz CT molecular complexity index is 1430. The Morgan fingerprint density at radius 1 is 0.811 bits per heavy atom. The maximum atomic E-state index is 13.4. The van der Waals surface area contributed by atoms with Gasteiger partial charge in [0.05, 0.1) is 7.11 Å². The number of anilines is 2. The van der Waals surface area contributed by atoms with Crippen LogP contribution in [0.15, 0.2) is 102 Å². The molecule has 2 amide bonds. The van der Waals surface area contributed by atoms with E-state index >= 15 is 0 Å². The Kier molecular flexibility index (Phi) is 7.28. The quantitative estimate of drug-likeness (QED) is 0.276. The smallest absolute Gasteiger partial charge is 0.255 e. The summed E-state index contributed by atoms with van der Waals surface area (Å²) >= 11 is 1.40. The molecule has 1 heterocycles. The number of hydrogen-bond donors (Lipinski definition) is 2. The van der Waals surface area contributed by atoms with Crippen molar-refractivity contribution in [2.45, 2.75) is 10.1 Å². The monoisotopic (exact) mass is 512 g/mol. The van der Waals surface area contributed by atoms with Gasteiger partial charge in [-0.25, -0.2) is 0 Å². The second-order valence-electron chi connectivity index (χ2n) is 8.18. The first-order valence-corrected chi connectivity index (χ1v) is 12.4. The van der Waals surface area contributed by atoms with Gasteiger partial charge in [-0.15, -0.1) is 11.8 Å². The lowest BCUT2D eigenvalue weighted by molar-refractivity contribution is -0.115. The molecule has 1 aliphatic rings. The van der Waals surface area contributed by atoms with Crippen molar-refractivity contribution < 1.29 is 23.8 Å². The third kappa shape index (κ3) is 5.87. The number of nitrogens with one attached hydrogen (secondary N) is 2. The predicted octanol–water partition coefficient (Wildman–Crippen LogP) is 6.15. The minimum Gasteiger partial charge on any atom is -0.497 e. The van der Waals surface area contributed by atoms with Gasteiger partial charge in [0, 0.05) is 27.9 Å². The second-order valence-corrected chi connectivity index (χ2v) is 9.36. The summed E-state index contributed by atoms with van der Waals surface area (Å²) in [5, 5.41) is 5.38. The van der Waals surface area contributed by atoms with Crippen molar-refractivity contribution in [3.05, 3.63) is 108 Å². The highest BCUT2D eigenvalue weighted by Gasteiger charge is 2.23. The van der Waals surface area contributed by atoms with E-state index in [1.54, 1.807) is 49.6 Å². The van der Waals surface area contributed by atoms with Crippen LogP contribution in [0.1, 0.15) is 21.2 Å². The Hall–Kier alpha value is -4.43. The van der Waals surface area contributed by atoms with Crippen molar-refractivity contribution in [3.8, 4) is 17.2 Å². The summed E-state index contributed by atoms with van der Waals surface area (Å²) in [6, 6.07) is 29.3. The molecule has 7 nitrogen and oxygen atoms in total. The number of thioether (sulfide) groups is 1. The number of hydrogen-bond acceptors (Lipinski definition) is 6. The summed E-state index contributed by atoms with van der Waals surface area (Å²) in [5.74, 6) is 1.43. The van der Waals surface area contributed by atoms with Crippen LogP contribution in [0.4, 0.5) is 11.4 Å². The number of carbonyl (C=O) groups is 2. The van der Waals surface area contributed by atoms with Gasteiger partial charge in [-0.1, -0.05) is 42.5 Å². The van der Waals surface area contributed by atoms with E-state index < -0.39 is 5.25 Å². The summed E-state index contributed by atoms with van der Waals surface area (Å²) < 4.78 is 16.0. The second kappa shape index (κ2) is 11.1. The van der Waals surface area contributed by atoms with Crippen molar-refractivity contribution in [2.24, 2.45) is 0 Å². The molecule has 37 heavy (non-hydrogen) atoms. The van der Waals surface area contributed by atoms with E-state index in [4.69, 9.17) is 14.2 Å². The number of amides is 2. The Balaban J connectivity index is 1.34. The van der Waals surface area contributed by atoms with E-state index in [0.29, 0.717) is 34.2 Å². The lowest BCUT2D eigenvalue weighted by Crippen LogP contribution is -2.19. The van der Waals surface area contributed by atoms with E-state index in [9.17, 15) is 9.59 Å². The first kappa shape index (κ1) is 24.3. The van der Waals surface area contributed by atoms with Crippen LogP contribution in [0, 0.1) is 0 Å². The molecule has 5 rings (SSSR count). The minimum absolute atomic E-state index is 0.167. The van der Waals surface area contributed by atoms with Crippen molar-refractivity contribution in [3.63, 3.8) is 0 Å². The summed E-state index contributed by atoms with van der Waals surface area (Å²) in [6.45, 7) is 0.167. The van der Waals surface area contributed by atoms with Crippen molar-refractivity contribution in [2.75, 3.05) is 24.5 Å². The van der Waals surface area contributed by atoms with Crippen molar-refractivity contribution >= 4 is 35.0 Å². The summed E-state index contributed by atoms with van der Waals surface area (Å²) in [7, 11) is 1.56. The molecule has 0 bridgehead atoms. The van der Waals surface area contributed by atoms with E-state index in [0.717, 1.165) is 10.5 Å². The Morgan fingerprint density at radius 2 is 1.59 bits per heavy atom. The molecule has 4 aromatic carbocycles. The van der Waals surface area contributed by atoms with Gasteiger partial charge in [0.2, 0.25) is 12.7 Å². The van der Waals surface area contributed by atoms with Gasteiger partial charge in [0.1, 0.15) is 11.0 Å². The largest absolute Gasteiger partial charge is 0.497 e. The average molecular weight is 513 g/mol. The zero-order chi connectivity index (χ0) is 25.6. The SMILES string of the molecule is COc1cccc(C(=O)Nc2cccc(SC(C(=O)Nc3ccc4c(c3)OCO4)c3ccccc3)c2)c1. The van der Waals surface area contributed by atoms with E-state index in [-0.39, 0.29) is 18.6 Å². The topological polar surface area (TPSA) is 85.9 Å². The predicted molar refractivity (Wildman–Crippen MR) is 144 cm³/mol. The zero-order valence-corrected chi connectivity index (χ0v) is 20.8. The molecule has 1 atom stereocenters. The highest BCUT2D eigenvalue weighted by Crippen LogP contribution is 2.39. The molecule has 2 N–H and O–H groups in total. The molecule has 4 aromatic rings. The number of methoxy groups -OCH3 is 1. The minimum atomic E-state index is -0.532. The number of ether oxygens (including phenoxy) is 3. The molecule has 0 aliphatic carbocycles. The molecular formula is C29H24N2O5S. The molecule has 0 saturated carbocycles. The van der Waals surface area contributed by atoms with Crippen molar-refractivity contribution in [1.82, 2.24) is 0 Å². The maximum Gasteiger partial charge on any atom is 0.255 e. The number of rotatable bonds is 8. The molecule has 1 unspecified atom stereocenters. The van der Waals surface area contributed by atoms with Crippen molar-refractivity contribution in [1.29, 1.82) is 0 Å². The lowest BCUT2D eigenvalue weighted by Gasteiger charge is -2.18. The van der Waals surface area contributed by atoms with Gasteiger partial charge in [0.15, 0.2) is 11.5 Å². The molecule has 0 aromatic heterocycles. The van der Waals surface area contributed by atoms with Crippen LogP contribution in [-0.4, -0.2) is 25.7 Å². The number of carbonyl (C=O) groups excluding carboxylic acids is 2. The average Bonchev–Trinajstić information content (AvgIpc) is 3.40. The van der Waals surface area contributed by atoms with Crippen LogP contribution in [0.3, 0.4) is 0 Å². The van der Waals surface area contributed by atoms with Gasteiger partial charge < -0.3 is 24.8 Å². The fourth-order valence-electron chi connectivity index (χ4n) is 3.83. The standard InChI is InChI=1S/C29H24N2O5S/c1-34-23-11-5-9-20(15-23)28(32)30-21-10-6-12-24(16-21)37-27(19-7-3-2-4-8-19)29(33)31-22-13-14-25-26(17-22)36-18-35-25/h2-17,27H,18H2,1H3,(H,30,32)(H,31,33). The van der Waals surface area contributed by atoms with Crippen LogP contribution in [-0.2, 0) is 4.79 Å². The van der Waals surface area contributed by atoms with Gasteiger partial charge in [-0.2, -0.15) is 0 Å². The highest BCUT2D eigenvalue weighted by molar-refractivity contribution is 8.00. The molecule has 0 spiro atoms. The van der Waals surface area contributed by atoms with Gasteiger partial charge in [-0.05, 0) is 54.1 Å². The molecule has 0 radical (unpaired) electrons. The normalized spacial score (nSPS) is 12.5. The lowest BCUT2D eigenvalue weighted by atomic mass is 10.1. The number of fused-ring (bicyclic) bond motifs is 1. The van der Waals surface area contributed by atoms with E-state index in [2.05, 4.69) is 10.6 Å². The third-order valence-electron chi connectivity index (χ3n) is 5.66. The Morgan fingerprint density at radius 3 is 2.43 bits per heavy atom. The van der Waals surface area contributed by atoms with Crippen LogP contribution >= 0.6 is 11.8 Å². The van der Waals surface area contributed by atoms with Crippen LogP contribution in [0.2, 0.25) is 0 Å².